The quantitative estimate of drug-likeness (QED) is 0.825. The average Bonchev–Trinajstić information content (AvgIpc) is 3.44. The standard InChI is InChI=1S/C17H19F4N3O2/c18-13-4-3-12(17(19,20)21)9-14(13)22-10-15(25)23-5-7-24(8-6-23)16(26)11-1-2-11/h3-4,9,11,22H,1-2,5-8,10H2. The summed E-state index contributed by atoms with van der Waals surface area (Å²) < 4.78 is 51.8. The van der Waals surface area contributed by atoms with Crippen molar-refractivity contribution in [3.05, 3.63) is 29.6 Å². The van der Waals surface area contributed by atoms with E-state index in [2.05, 4.69) is 5.32 Å². The lowest BCUT2D eigenvalue weighted by atomic mass is 10.2. The fourth-order valence-electron chi connectivity index (χ4n) is 2.88. The lowest BCUT2D eigenvalue weighted by Crippen LogP contribution is -2.52. The summed E-state index contributed by atoms with van der Waals surface area (Å²) in [4.78, 5) is 27.4. The normalized spacial score (nSPS) is 18.0. The molecule has 1 aliphatic carbocycles. The summed E-state index contributed by atoms with van der Waals surface area (Å²) >= 11 is 0. The molecule has 0 unspecified atom stereocenters. The van der Waals surface area contributed by atoms with Gasteiger partial charge < -0.3 is 15.1 Å². The molecule has 1 saturated heterocycles. The summed E-state index contributed by atoms with van der Waals surface area (Å²) in [7, 11) is 0. The average molecular weight is 373 g/mol. The van der Waals surface area contributed by atoms with Crippen LogP contribution in [0.3, 0.4) is 0 Å². The summed E-state index contributed by atoms with van der Waals surface area (Å²) in [5.74, 6) is -0.949. The van der Waals surface area contributed by atoms with E-state index in [0.29, 0.717) is 38.3 Å². The maximum Gasteiger partial charge on any atom is 0.416 e. The molecule has 1 aliphatic heterocycles. The van der Waals surface area contributed by atoms with E-state index in [1.165, 1.54) is 4.90 Å². The Balaban J connectivity index is 1.52. The lowest BCUT2D eigenvalue weighted by molar-refractivity contribution is -0.139. The molecule has 9 heteroatoms. The van der Waals surface area contributed by atoms with Crippen molar-refractivity contribution in [1.29, 1.82) is 0 Å². The fraction of sp³-hybridized carbons (Fsp3) is 0.529. The van der Waals surface area contributed by atoms with E-state index in [0.717, 1.165) is 18.9 Å². The number of rotatable bonds is 4. The van der Waals surface area contributed by atoms with Gasteiger partial charge in [-0.25, -0.2) is 4.39 Å². The Hall–Kier alpha value is -2.32. The molecule has 1 N–H and O–H groups in total. The largest absolute Gasteiger partial charge is 0.416 e. The molecule has 26 heavy (non-hydrogen) atoms. The lowest BCUT2D eigenvalue weighted by Gasteiger charge is -2.35. The number of alkyl halides is 3. The number of amides is 2. The molecule has 1 saturated carbocycles. The van der Waals surface area contributed by atoms with E-state index in [9.17, 15) is 27.2 Å². The van der Waals surface area contributed by atoms with Crippen LogP contribution in [0.25, 0.3) is 0 Å². The van der Waals surface area contributed by atoms with E-state index < -0.39 is 17.6 Å². The minimum absolute atomic E-state index is 0.126. The van der Waals surface area contributed by atoms with Gasteiger partial charge in [0, 0.05) is 32.1 Å². The van der Waals surface area contributed by atoms with Crippen molar-refractivity contribution in [1.82, 2.24) is 9.80 Å². The van der Waals surface area contributed by atoms with Gasteiger partial charge in [0.05, 0.1) is 17.8 Å². The second-order valence-corrected chi connectivity index (χ2v) is 6.53. The molecule has 1 aromatic rings. The Kier molecular flexibility index (Phi) is 5.06. The second-order valence-electron chi connectivity index (χ2n) is 6.53. The molecule has 2 amide bonds. The molecule has 1 aromatic carbocycles. The predicted molar refractivity (Wildman–Crippen MR) is 85.8 cm³/mol. The van der Waals surface area contributed by atoms with E-state index in [1.54, 1.807) is 4.90 Å². The molecule has 0 radical (unpaired) electrons. The Morgan fingerprint density at radius 3 is 2.27 bits per heavy atom. The minimum Gasteiger partial charge on any atom is -0.374 e. The van der Waals surface area contributed by atoms with Gasteiger partial charge in [-0.1, -0.05) is 0 Å². The smallest absolute Gasteiger partial charge is 0.374 e. The fourth-order valence-corrected chi connectivity index (χ4v) is 2.88. The van der Waals surface area contributed by atoms with Crippen molar-refractivity contribution in [2.75, 3.05) is 38.0 Å². The van der Waals surface area contributed by atoms with Crippen LogP contribution in [0.4, 0.5) is 23.2 Å². The van der Waals surface area contributed by atoms with Crippen molar-refractivity contribution < 1.29 is 27.2 Å². The summed E-state index contributed by atoms with van der Waals surface area (Å²) in [5, 5.41) is 2.44. The number of nitrogens with one attached hydrogen (secondary N) is 1. The molecular formula is C17H19F4N3O2. The van der Waals surface area contributed by atoms with Crippen molar-refractivity contribution >= 4 is 17.5 Å². The summed E-state index contributed by atoms with van der Waals surface area (Å²) in [6.45, 7) is 1.31. The summed E-state index contributed by atoms with van der Waals surface area (Å²) in [5.41, 5.74) is -1.35. The highest BCUT2D eigenvalue weighted by Crippen LogP contribution is 2.32. The number of anilines is 1. The summed E-state index contributed by atoms with van der Waals surface area (Å²) in [6, 6.07) is 2.02. The highest BCUT2D eigenvalue weighted by Gasteiger charge is 2.35. The van der Waals surface area contributed by atoms with Gasteiger partial charge in [0.15, 0.2) is 0 Å². The van der Waals surface area contributed by atoms with Crippen LogP contribution >= 0.6 is 0 Å². The van der Waals surface area contributed by atoms with Gasteiger partial charge in [0.25, 0.3) is 0 Å². The van der Waals surface area contributed by atoms with Gasteiger partial charge in [-0.05, 0) is 31.0 Å². The maximum absolute atomic E-state index is 13.7. The van der Waals surface area contributed by atoms with E-state index in [-0.39, 0.29) is 30.0 Å². The van der Waals surface area contributed by atoms with Gasteiger partial charge in [-0.2, -0.15) is 13.2 Å². The number of benzene rings is 1. The van der Waals surface area contributed by atoms with Crippen LogP contribution in [0.5, 0.6) is 0 Å². The molecular weight excluding hydrogens is 354 g/mol. The first kappa shape index (κ1) is 18.5. The maximum atomic E-state index is 13.7. The number of hydrogen-bond donors (Lipinski definition) is 1. The van der Waals surface area contributed by atoms with Crippen LogP contribution in [0.1, 0.15) is 18.4 Å². The molecule has 142 valence electrons. The van der Waals surface area contributed by atoms with Crippen molar-refractivity contribution in [2.45, 2.75) is 19.0 Å². The van der Waals surface area contributed by atoms with Crippen molar-refractivity contribution in [2.24, 2.45) is 5.92 Å². The third-order valence-electron chi connectivity index (χ3n) is 4.59. The van der Waals surface area contributed by atoms with E-state index >= 15 is 0 Å². The monoisotopic (exact) mass is 373 g/mol. The summed E-state index contributed by atoms with van der Waals surface area (Å²) in [6.07, 6.45) is -2.74. The molecule has 3 rings (SSSR count). The number of carbonyl (C=O) groups excluding carboxylic acids is 2. The van der Waals surface area contributed by atoms with Crippen LogP contribution in [0.2, 0.25) is 0 Å². The van der Waals surface area contributed by atoms with Crippen molar-refractivity contribution in [3.8, 4) is 0 Å². The minimum atomic E-state index is -4.58. The van der Waals surface area contributed by atoms with Gasteiger partial charge in [0.2, 0.25) is 11.8 Å². The highest BCUT2D eigenvalue weighted by molar-refractivity contribution is 5.83. The highest BCUT2D eigenvalue weighted by atomic mass is 19.4. The number of carbonyl (C=O) groups is 2. The van der Waals surface area contributed by atoms with Crippen LogP contribution in [-0.4, -0.2) is 54.3 Å². The number of halogens is 4. The first-order valence-corrected chi connectivity index (χ1v) is 8.43. The molecule has 0 spiro atoms. The molecule has 0 atom stereocenters. The SMILES string of the molecule is O=C(CNc1cc(C(F)(F)F)ccc1F)N1CCN(C(=O)C2CC2)CC1. The molecule has 0 aromatic heterocycles. The van der Waals surface area contributed by atoms with E-state index in [1.807, 2.05) is 0 Å². The Morgan fingerprint density at radius 1 is 1.08 bits per heavy atom. The zero-order valence-corrected chi connectivity index (χ0v) is 14.0. The van der Waals surface area contributed by atoms with Gasteiger partial charge in [0.1, 0.15) is 5.82 Å². The molecule has 1 heterocycles. The Bertz CT molecular complexity index is 696. The van der Waals surface area contributed by atoms with Crippen LogP contribution in [0, 0.1) is 11.7 Å². The third kappa shape index (κ3) is 4.25. The van der Waals surface area contributed by atoms with Crippen LogP contribution in [0.15, 0.2) is 18.2 Å². The Labute approximate surface area is 147 Å². The molecule has 0 bridgehead atoms. The zero-order valence-electron chi connectivity index (χ0n) is 14.0. The third-order valence-corrected chi connectivity index (χ3v) is 4.59. The predicted octanol–water partition coefficient (Wildman–Crippen LogP) is 2.34. The number of hydrogen-bond acceptors (Lipinski definition) is 3. The number of piperazine rings is 1. The topological polar surface area (TPSA) is 52.7 Å². The number of nitrogens with zero attached hydrogens (tertiary/aromatic N) is 2. The van der Waals surface area contributed by atoms with Crippen molar-refractivity contribution in [3.63, 3.8) is 0 Å². The Morgan fingerprint density at radius 2 is 1.69 bits per heavy atom. The van der Waals surface area contributed by atoms with E-state index in [4.69, 9.17) is 0 Å². The van der Waals surface area contributed by atoms with Crippen LogP contribution < -0.4 is 5.32 Å². The van der Waals surface area contributed by atoms with Gasteiger partial charge in [-0.3, -0.25) is 9.59 Å². The van der Waals surface area contributed by atoms with Crippen LogP contribution in [-0.2, 0) is 15.8 Å². The molecule has 2 fully saturated rings. The first-order valence-electron chi connectivity index (χ1n) is 8.43. The van der Waals surface area contributed by atoms with Gasteiger partial charge in [-0.15, -0.1) is 0 Å². The van der Waals surface area contributed by atoms with Gasteiger partial charge >= 0.3 is 6.18 Å². The molecule has 2 aliphatic rings. The zero-order chi connectivity index (χ0) is 18.9. The first-order chi connectivity index (χ1) is 12.3. The second kappa shape index (κ2) is 7.13. The molecule has 5 nitrogen and oxygen atoms in total.